The van der Waals surface area contributed by atoms with E-state index in [2.05, 4.69) is 5.32 Å². The first kappa shape index (κ1) is 14.9. The molecule has 0 saturated carbocycles. The third-order valence-electron chi connectivity index (χ3n) is 3.70. The number of fused-ring (bicyclic) bond motifs is 1. The number of aromatic nitrogens is 1. The van der Waals surface area contributed by atoms with Crippen molar-refractivity contribution in [3.8, 4) is 0 Å². The molecule has 23 heavy (non-hydrogen) atoms. The monoisotopic (exact) mass is 311 g/mol. The van der Waals surface area contributed by atoms with Gasteiger partial charge in [0.05, 0.1) is 5.52 Å². The van der Waals surface area contributed by atoms with E-state index in [1.807, 2.05) is 31.1 Å². The molecule has 0 fully saturated rings. The summed E-state index contributed by atoms with van der Waals surface area (Å²) in [6.07, 6.45) is 0. The van der Waals surface area contributed by atoms with Crippen molar-refractivity contribution < 1.29 is 9.21 Å². The fourth-order valence-electron chi connectivity index (χ4n) is 2.32. The van der Waals surface area contributed by atoms with Crippen LogP contribution in [-0.2, 0) is 7.05 Å². The van der Waals surface area contributed by atoms with Crippen molar-refractivity contribution in [2.45, 2.75) is 0 Å². The molecule has 0 aliphatic heterocycles. The number of carbonyl (C=O) groups is 1. The molecule has 0 aliphatic carbocycles. The molecular formula is C17H17N3O3. The van der Waals surface area contributed by atoms with Crippen LogP contribution in [-0.4, -0.2) is 24.6 Å². The first-order valence-corrected chi connectivity index (χ1v) is 7.14. The number of anilines is 2. The molecule has 0 unspecified atom stereocenters. The van der Waals surface area contributed by atoms with Crippen molar-refractivity contribution in [3.63, 3.8) is 0 Å². The summed E-state index contributed by atoms with van der Waals surface area (Å²) in [7, 11) is 5.51. The van der Waals surface area contributed by atoms with Gasteiger partial charge in [-0.05, 0) is 42.5 Å². The number of benzene rings is 2. The topological polar surface area (TPSA) is 67.5 Å². The Morgan fingerprint density at radius 3 is 2.48 bits per heavy atom. The van der Waals surface area contributed by atoms with E-state index in [1.54, 1.807) is 37.4 Å². The summed E-state index contributed by atoms with van der Waals surface area (Å²) in [5.41, 5.74) is 3.32. The normalized spacial score (nSPS) is 10.7. The van der Waals surface area contributed by atoms with Gasteiger partial charge in [-0.2, -0.15) is 0 Å². The van der Waals surface area contributed by atoms with Gasteiger partial charge in [-0.1, -0.05) is 0 Å². The van der Waals surface area contributed by atoms with Gasteiger partial charge in [-0.15, -0.1) is 0 Å². The van der Waals surface area contributed by atoms with Crippen molar-refractivity contribution in [3.05, 3.63) is 58.6 Å². The van der Waals surface area contributed by atoms with Gasteiger partial charge in [0.25, 0.3) is 5.91 Å². The molecule has 1 N–H and O–H groups in total. The Bertz CT molecular complexity index is 920. The minimum atomic E-state index is -0.428. The first-order valence-electron chi connectivity index (χ1n) is 7.14. The maximum atomic E-state index is 12.3. The number of hydrogen-bond donors (Lipinski definition) is 1. The van der Waals surface area contributed by atoms with Gasteiger partial charge >= 0.3 is 5.76 Å². The fourth-order valence-corrected chi connectivity index (χ4v) is 2.32. The fraction of sp³-hybridized carbons (Fsp3) is 0.176. The maximum Gasteiger partial charge on any atom is 0.419 e. The number of nitrogens with one attached hydrogen (secondary N) is 1. The van der Waals surface area contributed by atoms with Crippen LogP contribution < -0.4 is 16.0 Å². The summed E-state index contributed by atoms with van der Waals surface area (Å²) in [6, 6.07) is 12.4. The molecule has 1 amide bonds. The Hall–Kier alpha value is -3.02. The van der Waals surface area contributed by atoms with E-state index in [0.717, 1.165) is 5.69 Å². The molecule has 0 aliphatic rings. The number of amides is 1. The van der Waals surface area contributed by atoms with Gasteiger partial charge in [0.2, 0.25) is 0 Å². The molecule has 1 heterocycles. The number of carbonyl (C=O) groups excluding carboxylic acids is 1. The summed E-state index contributed by atoms with van der Waals surface area (Å²) in [6.45, 7) is 0. The molecule has 0 saturated heterocycles. The van der Waals surface area contributed by atoms with E-state index in [4.69, 9.17) is 4.42 Å². The zero-order chi connectivity index (χ0) is 16.6. The van der Waals surface area contributed by atoms with E-state index in [-0.39, 0.29) is 5.91 Å². The standard InChI is InChI=1S/C17H17N3O3/c1-19(2)13-7-4-11(5-8-13)16(21)18-12-6-9-15-14(10-12)20(3)17(22)23-15/h4-10H,1-3H3,(H,18,21). The molecule has 0 atom stereocenters. The van der Waals surface area contributed by atoms with Crippen LogP contribution in [0.4, 0.5) is 11.4 Å². The van der Waals surface area contributed by atoms with Crippen LogP contribution >= 0.6 is 0 Å². The molecule has 0 radical (unpaired) electrons. The average molecular weight is 311 g/mol. The third-order valence-corrected chi connectivity index (χ3v) is 3.70. The van der Waals surface area contributed by atoms with E-state index in [0.29, 0.717) is 22.4 Å². The molecule has 0 spiro atoms. The van der Waals surface area contributed by atoms with Crippen LogP contribution in [0.2, 0.25) is 0 Å². The van der Waals surface area contributed by atoms with Crippen LogP contribution in [0.15, 0.2) is 51.7 Å². The minimum Gasteiger partial charge on any atom is -0.408 e. The van der Waals surface area contributed by atoms with Crippen LogP contribution in [0.5, 0.6) is 0 Å². The van der Waals surface area contributed by atoms with Crippen molar-refractivity contribution in [1.82, 2.24) is 4.57 Å². The zero-order valence-corrected chi connectivity index (χ0v) is 13.2. The SMILES string of the molecule is CN(C)c1ccc(C(=O)Nc2ccc3oc(=O)n(C)c3c2)cc1. The van der Waals surface area contributed by atoms with E-state index >= 15 is 0 Å². The van der Waals surface area contributed by atoms with Crippen LogP contribution in [0.1, 0.15) is 10.4 Å². The van der Waals surface area contributed by atoms with Crippen molar-refractivity contribution in [1.29, 1.82) is 0 Å². The Kier molecular flexibility index (Phi) is 3.65. The third kappa shape index (κ3) is 2.83. The van der Waals surface area contributed by atoms with Crippen LogP contribution in [0.25, 0.3) is 11.1 Å². The van der Waals surface area contributed by atoms with Crippen molar-refractivity contribution in [2.75, 3.05) is 24.3 Å². The molecule has 2 aromatic carbocycles. The van der Waals surface area contributed by atoms with Gasteiger partial charge in [0, 0.05) is 38.1 Å². The van der Waals surface area contributed by atoms with E-state index < -0.39 is 5.76 Å². The predicted octanol–water partition coefficient (Wildman–Crippen LogP) is 2.45. The lowest BCUT2D eigenvalue weighted by atomic mass is 10.2. The highest BCUT2D eigenvalue weighted by atomic mass is 16.4. The molecule has 1 aromatic heterocycles. The number of oxazole rings is 1. The predicted molar refractivity (Wildman–Crippen MR) is 90.2 cm³/mol. The molecule has 118 valence electrons. The summed E-state index contributed by atoms with van der Waals surface area (Å²) in [4.78, 5) is 25.8. The lowest BCUT2D eigenvalue weighted by Crippen LogP contribution is -2.13. The minimum absolute atomic E-state index is 0.205. The number of hydrogen-bond acceptors (Lipinski definition) is 4. The highest BCUT2D eigenvalue weighted by molar-refractivity contribution is 6.05. The zero-order valence-electron chi connectivity index (χ0n) is 13.2. The Morgan fingerprint density at radius 1 is 1.13 bits per heavy atom. The summed E-state index contributed by atoms with van der Waals surface area (Å²) >= 11 is 0. The van der Waals surface area contributed by atoms with Crippen LogP contribution in [0.3, 0.4) is 0 Å². The quantitative estimate of drug-likeness (QED) is 0.807. The molecule has 3 rings (SSSR count). The van der Waals surface area contributed by atoms with Crippen LogP contribution in [0, 0.1) is 0 Å². The Labute approximate surface area is 132 Å². The second-order valence-electron chi connectivity index (χ2n) is 5.50. The van der Waals surface area contributed by atoms with Crippen molar-refractivity contribution >= 4 is 28.4 Å². The average Bonchev–Trinajstić information content (AvgIpc) is 2.82. The lowest BCUT2D eigenvalue weighted by Gasteiger charge is -2.12. The largest absolute Gasteiger partial charge is 0.419 e. The molecule has 6 heteroatoms. The molecule has 3 aromatic rings. The molecule has 0 bridgehead atoms. The van der Waals surface area contributed by atoms with Crippen molar-refractivity contribution in [2.24, 2.45) is 7.05 Å². The number of rotatable bonds is 3. The smallest absolute Gasteiger partial charge is 0.408 e. The highest BCUT2D eigenvalue weighted by Gasteiger charge is 2.10. The summed E-state index contributed by atoms with van der Waals surface area (Å²) in [5.74, 6) is -0.633. The van der Waals surface area contributed by atoms with Gasteiger partial charge in [0.1, 0.15) is 0 Å². The Morgan fingerprint density at radius 2 is 1.83 bits per heavy atom. The summed E-state index contributed by atoms with van der Waals surface area (Å²) < 4.78 is 6.47. The van der Waals surface area contributed by atoms with Gasteiger partial charge in [-0.25, -0.2) is 4.79 Å². The first-order chi connectivity index (χ1) is 11.0. The van der Waals surface area contributed by atoms with Gasteiger partial charge in [-0.3, -0.25) is 9.36 Å². The lowest BCUT2D eigenvalue weighted by molar-refractivity contribution is 0.102. The second kappa shape index (κ2) is 5.64. The van der Waals surface area contributed by atoms with E-state index in [9.17, 15) is 9.59 Å². The molecular weight excluding hydrogens is 294 g/mol. The Balaban J connectivity index is 1.84. The highest BCUT2D eigenvalue weighted by Crippen LogP contribution is 2.19. The number of nitrogens with zero attached hydrogens (tertiary/aromatic N) is 2. The maximum absolute atomic E-state index is 12.3. The number of aryl methyl sites for hydroxylation is 1. The summed E-state index contributed by atoms with van der Waals surface area (Å²) in [5, 5.41) is 2.83. The molecule has 6 nitrogen and oxygen atoms in total. The second-order valence-corrected chi connectivity index (χ2v) is 5.50. The van der Waals surface area contributed by atoms with Gasteiger partial charge in [0.15, 0.2) is 5.58 Å². The van der Waals surface area contributed by atoms with Gasteiger partial charge < -0.3 is 14.6 Å². The van der Waals surface area contributed by atoms with E-state index in [1.165, 1.54) is 4.57 Å².